The molecule has 2 unspecified atom stereocenters. The lowest BCUT2D eigenvalue weighted by Crippen LogP contribution is -2.46. The molecule has 0 spiro atoms. The van der Waals surface area contributed by atoms with Crippen LogP contribution in [0.2, 0.25) is 0 Å². The molecule has 108 valence electrons. The van der Waals surface area contributed by atoms with E-state index < -0.39 is 6.10 Å². The maximum Gasteiger partial charge on any atom is 0.237 e. The zero-order valence-electron chi connectivity index (χ0n) is 12.1. The van der Waals surface area contributed by atoms with Crippen molar-refractivity contribution in [2.45, 2.75) is 45.3 Å². The fraction of sp³-hybridized carbons (Fsp3) is 0.923. The van der Waals surface area contributed by atoms with Gasteiger partial charge in [-0.15, -0.1) is 0 Å². The summed E-state index contributed by atoms with van der Waals surface area (Å²) in [6.07, 6.45) is 2.74. The van der Waals surface area contributed by atoms with Crippen LogP contribution in [0.15, 0.2) is 0 Å². The zero-order valence-corrected chi connectivity index (χ0v) is 12.1. The number of aliphatic hydroxyl groups excluding tert-OH is 1. The first-order valence-electron chi connectivity index (χ1n) is 6.67. The maximum absolute atomic E-state index is 11.8. The molecule has 5 nitrogen and oxygen atoms in total. The number of nitrogens with zero attached hydrogens (tertiary/aromatic N) is 1. The topological polar surface area (TPSA) is 61.8 Å². The van der Waals surface area contributed by atoms with Crippen molar-refractivity contribution in [1.29, 1.82) is 0 Å². The molecule has 0 heterocycles. The average Bonchev–Trinajstić information content (AvgIpc) is 2.33. The van der Waals surface area contributed by atoms with Crippen molar-refractivity contribution in [3.8, 4) is 0 Å². The Bertz CT molecular complexity index is 224. The van der Waals surface area contributed by atoms with Crippen LogP contribution in [-0.4, -0.2) is 61.9 Å². The highest BCUT2D eigenvalue weighted by Crippen LogP contribution is 1.99. The van der Waals surface area contributed by atoms with Crippen molar-refractivity contribution >= 4 is 5.91 Å². The Labute approximate surface area is 110 Å². The van der Waals surface area contributed by atoms with E-state index in [-0.39, 0.29) is 18.6 Å². The minimum Gasteiger partial charge on any atom is -0.389 e. The molecule has 2 N–H and O–H groups in total. The summed E-state index contributed by atoms with van der Waals surface area (Å²) >= 11 is 0. The quantitative estimate of drug-likeness (QED) is 0.565. The van der Waals surface area contributed by atoms with Gasteiger partial charge in [0.05, 0.1) is 18.8 Å². The summed E-state index contributed by atoms with van der Waals surface area (Å²) in [4.78, 5) is 13.7. The average molecular weight is 260 g/mol. The number of ether oxygens (including phenoxy) is 1. The van der Waals surface area contributed by atoms with Crippen molar-refractivity contribution in [3.05, 3.63) is 0 Å². The second-order valence-electron chi connectivity index (χ2n) is 4.72. The summed E-state index contributed by atoms with van der Waals surface area (Å²) in [5.41, 5.74) is 0. The predicted octanol–water partition coefficient (Wildman–Crippen LogP) is 0.620. The molecule has 0 saturated carbocycles. The number of unbranched alkanes of at least 4 members (excludes halogenated alkanes) is 2. The lowest BCUT2D eigenvalue weighted by atomic mass is 10.2. The summed E-state index contributed by atoms with van der Waals surface area (Å²) < 4.78 is 4.86. The summed E-state index contributed by atoms with van der Waals surface area (Å²) in [7, 11) is 3.38. The molecule has 0 aromatic carbocycles. The highest BCUT2D eigenvalue weighted by Gasteiger charge is 2.19. The monoisotopic (exact) mass is 260 g/mol. The van der Waals surface area contributed by atoms with Crippen molar-refractivity contribution in [2.75, 3.05) is 33.9 Å². The molecule has 0 bridgehead atoms. The number of aliphatic hydroxyl groups is 1. The third kappa shape index (κ3) is 7.63. The van der Waals surface area contributed by atoms with Crippen molar-refractivity contribution in [3.63, 3.8) is 0 Å². The van der Waals surface area contributed by atoms with Crippen molar-refractivity contribution in [2.24, 2.45) is 0 Å². The minimum atomic E-state index is -0.560. The largest absolute Gasteiger partial charge is 0.389 e. The van der Waals surface area contributed by atoms with Gasteiger partial charge in [-0.2, -0.15) is 0 Å². The van der Waals surface area contributed by atoms with Crippen molar-refractivity contribution < 1.29 is 14.6 Å². The number of hydrogen-bond donors (Lipinski definition) is 2. The van der Waals surface area contributed by atoms with Gasteiger partial charge in [-0.1, -0.05) is 19.8 Å². The first-order chi connectivity index (χ1) is 8.52. The number of hydrogen-bond acceptors (Lipinski definition) is 4. The van der Waals surface area contributed by atoms with Gasteiger partial charge in [0.2, 0.25) is 5.91 Å². The SMILES string of the molecule is CCCCCNC(=O)C(C)N(C)CC(O)COC. The van der Waals surface area contributed by atoms with Crippen LogP contribution >= 0.6 is 0 Å². The van der Waals surface area contributed by atoms with E-state index in [9.17, 15) is 9.90 Å². The zero-order chi connectivity index (χ0) is 14.0. The standard InChI is InChI=1S/C13H28N2O3/c1-5-6-7-8-14-13(17)11(2)15(3)9-12(16)10-18-4/h11-12,16H,5-10H2,1-4H3,(H,14,17). The molecule has 0 saturated heterocycles. The van der Waals surface area contributed by atoms with E-state index in [2.05, 4.69) is 12.2 Å². The van der Waals surface area contributed by atoms with E-state index in [1.54, 1.807) is 7.11 Å². The van der Waals surface area contributed by atoms with E-state index in [1.165, 1.54) is 0 Å². The number of nitrogens with one attached hydrogen (secondary N) is 1. The van der Waals surface area contributed by atoms with Gasteiger partial charge in [-0.25, -0.2) is 0 Å². The van der Waals surface area contributed by atoms with E-state index in [0.717, 1.165) is 25.8 Å². The Morgan fingerprint density at radius 2 is 2.11 bits per heavy atom. The van der Waals surface area contributed by atoms with Crippen LogP contribution in [0.4, 0.5) is 0 Å². The number of carbonyl (C=O) groups excluding carboxylic acids is 1. The molecule has 18 heavy (non-hydrogen) atoms. The Morgan fingerprint density at radius 3 is 2.67 bits per heavy atom. The Hall–Kier alpha value is -0.650. The number of methoxy groups -OCH3 is 1. The van der Waals surface area contributed by atoms with Gasteiger partial charge in [0, 0.05) is 20.2 Å². The van der Waals surface area contributed by atoms with E-state index in [4.69, 9.17) is 4.74 Å². The molecule has 0 aliphatic carbocycles. The molecular weight excluding hydrogens is 232 g/mol. The summed E-state index contributed by atoms with van der Waals surface area (Å²) in [5.74, 6) is 0.0122. The number of rotatable bonds is 10. The maximum atomic E-state index is 11.8. The van der Waals surface area contributed by atoms with Gasteiger partial charge < -0.3 is 15.2 Å². The van der Waals surface area contributed by atoms with E-state index in [0.29, 0.717) is 6.54 Å². The molecular formula is C13H28N2O3. The number of amides is 1. The second-order valence-corrected chi connectivity index (χ2v) is 4.72. The lowest BCUT2D eigenvalue weighted by Gasteiger charge is -2.25. The van der Waals surface area contributed by atoms with E-state index in [1.807, 2.05) is 18.9 Å². The first-order valence-corrected chi connectivity index (χ1v) is 6.67. The molecule has 0 radical (unpaired) electrons. The second kappa shape index (κ2) is 10.3. The Kier molecular flexibility index (Phi) is 9.92. The predicted molar refractivity (Wildman–Crippen MR) is 72.5 cm³/mol. The summed E-state index contributed by atoms with van der Waals surface area (Å²) in [6, 6.07) is -0.238. The highest BCUT2D eigenvalue weighted by atomic mass is 16.5. The minimum absolute atomic E-state index is 0.0122. The van der Waals surface area contributed by atoms with Gasteiger partial charge >= 0.3 is 0 Å². The third-order valence-corrected chi connectivity index (χ3v) is 2.98. The number of carbonyl (C=O) groups is 1. The Morgan fingerprint density at radius 1 is 1.44 bits per heavy atom. The van der Waals surface area contributed by atoms with Crippen LogP contribution in [-0.2, 0) is 9.53 Å². The molecule has 0 aromatic rings. The smallest absolute Gasteiger partial charge is 0.237 e. The van der Waals surface area contributed by atoms with Crippen LogP contribution in [0.25, 0.3) is 0 Å². The van der Waals surface area contributed by atoms with Gasteiger partial charge in [0.15, 0.2) is 0 Å². The van der Waals surface area contributed by atoms with Crippen molar-refractivity contribution in [1.82, 2.24) is 10.2 Å². The molecule has 2 atom stereocenters. The van der Waals surface area contributed by atoms with Gasteiger partial charge in [-0.3, -0.25) is 9.69 Å². The van der Waals surface area contributed by atoms with Crippen LogP contribution in [0.1, 0.15) is 33.1 Å². The van der Waals surface area contributed by atoms with Crippen LogP contribution < -0.4 is 5.32 Å². The molecule has 0 aromatic heterocycles. The van der Waals surface area contributed by atoms with Gasteiger partial charge in [0.25, 0.3) is 0 Å². The fourth-order valence-corrected chi connectivity index (χ4v) is 1.67. The highest BCUT2D eigenvalue weighted by molar-refractivity contribution is 5.81. The van der Waals surface area contributed by atoms with Gasteiger partial charge in [-0.05, 0) is 20.4 Å². The molecule has 0 aliphatic heterocycles. The summed E-state index contributed by atoms with van der Waals surface area (Å²) in [6.45, 7) is 5.42. The molecule has 0 fully saturated rings. The van der Waals surface area contributed by atoms with Crippen LogP contribution in [0.3, 0.4) is 0 Å². The summed E-state index contributed by atoms with van der Waals surface area (Å²) in [5, 5.41) is 12.5. The van der Waals surface area contributed by atoms with Crippen LogP contribution in [0, 0.1) is 0 Å². The molecule has 0 rings (SSSR count). The third-order valence-electron chi connectivity index (χ3n) is 2.98. The first kappa shape index (κ1) is 17.4. The molecule has 1 amide bonds. The molecule has 0 aliphatic rings. The fourth-order valence-electron chi connectivity index (χ4n) is 1.67. The van der Waals surface area contributed by atoms with Gasteiger partial charge in [0.1, 0.15) is 0 Å². The Balaban J connectivity index is 3.88. The molecule has 5 heteroatoms. The normalized spacial score (nSPS) is 14.6. The lowest BCUT2D eigenvalue weighted by molar-refractivity contribution is -0.125. The van der Waals surface area contributed by atoms with Crippen LogP contribution in [0.5, 0.6) is 0 Å². The van der Waals surface area contributed by atoms with E-state index >= 15 is 0 Å². The number of likely N-dealkylation sites (N-methyl/N-ethyl adjacent to an activating group) is 1.